The Morgan fingerprint density at radius 1 is 1.38 bits per heavy atom. The van der Waals surface area contributed by atoms with Crippen LogP contribution in [0.1, 0.15) is 26.7 Å². The van der Waals surface area contributed by atoms with E-state index in [0.29, 0.717) is 19.1 Å². The highest BCUT2D eigenvalue weighted by molar-refractivity contribution is 5.53. The van der Waals surface area contributed by atoms with E-state index in [4.69, 9.17) is 4.74 Å². The summed E-state index contributed by atoms with van der Waals surface area (Å²) >= 11 is 0. The molecule has 1 N–H and O–H groups in total. The van der Waals surface area contributed by atoms with Gasteiger partial charge in [-0.05, 0) is 18.8 Å². The minimum atomic E-state index is -0.522. The van der Waals surface area contributed by atoms with Crippen LogP contribution in [-0.2, 0) is 9.53 Å². The Morgan fingerprint density at radius 2 is 2.00 bits per heavy atom. The van der Waals surface area contributed by atoms with Crippen molar-refractivity contribution in [3.05, 3.63) is 0 Å². The van der Waals surface area contributed by atoms with Crippen molar-refractivity contribution < 1.29 is 14.6 Å². The van der Waals surface area contributed by atoms with Gasteiger partial charge in [0.2, 0.25) is 0 Å². The van der Waals surface area contributed by atoms with Crippen molar-refractivity contribution in [2.45, 2.75) is 32.9 Å². The average molecular weight is 229 g/mol. The van der Waals surface area contributed by atoms with Crippen LogP contribution in [0, 0.1) is 11.8 Å². The van der Waals surface area contributed by atoms with Gasteiger partial charge in [-0.1, -0.05) is 13.8 Å². The number of hydrogen-bond donors (Lipinski definition) is 1. The molecule has 0 aromatic carbocycles. The monoisotopic (exact) mass is 229 g/mol. The van der Waals surface area contributed by atoms with Gasteiger partial charge in [0.1, 0.15) is 12.5 Å². The molecule has 1 unspecified atom stereocenters. The van der Waals surface area contributed by atoms with E-state index < -0.39 is 6.23 Å². The maximum Gasteiger partial charge on any atom is 0.131 e. The van der Waals surface area contributed by atoms with Crippen molar-refractivity contribution in [3.8, 4) is 0 Å². The number of carbonyl (C=O) groups is 1. The molecule has 0 radical (unpaired) electrons. The highest BCUT2D eigenvalue weighted by Crippen LogP contribution is 2.16. The molecule has 94 valence electrons. The van der Waals surface area contributed by atoms with Gasteiger partial charge < -0.3 is 14.6 Å². The van der Waals surface area contributed by atoms with Gasteiger partial charge in [-0.3, -0.25) is 4.90 Å². The summed E-state index contributed by atoms with van der Waals surface area (Å²) in [7, 11) is 0. The van der Waals surface area contributed by atoms with Crippen LogP contribution in [0.25, 0.3) is 0 Å². The Bertz CT molecular complexity index is 200. The number of aldehydes is 1. The Labute approximate surface area is 97.6 Å². The molecule has 1 aliphatic rings. The third-order valence-corrected chi connectivity index (χ3v) is 2.91. The molecule has 1 fully saturated rings. The number of ether oxygens (including phenoxy) is 1. The number of aliphatic hydroxyl groups excluding tert-OH is 1. The first kappa shape index (κ1) is 13.6. The predicted octanol–water partition coefficient (Wildman–Crippen LogP) is 0.888. The van der Waals surface area contributed by atoms with Gasteiger partial charge in [0.05, 0.1) is 6.61 Å². The molecule has 4 nitrogen and oxygen atoms in total. The third kappa shape index (κ3) is 4.60. The summed E-state index contributed by atoms with van der Waals surface area (Å²) in [4.78, 5) is 12.6. The second-order valence-corrected chi connectivity index (χ2v) is 4.92. The normalized spacial score (nSPS) is 21.2. The fraction of sp³-hybridized carbons (Fsp3) is 0.917. The largest absolute Gasteiger partial charge is 0.377 e. The summed E-state index contributed by atoms with van der Waals surface area (Å²) in [6, 6.07) is 0. The Hall–Kier alpha value is -0.450. The van der Waals surface area contributed by atoms with Gasteiger partial charge in [0, 0.05) is 25.6 Å². The topological polar surface area (TPSA) is 49.8 Å². The van der Waals surface area contributed by atoms with Crippen LogP contribution in [0.5, 0.6) is 0 Å². The first-order chi connectivity index (χ1) is 7.63. The molecule has 1 atom stereocenters. The molecule has 16 heavy (non-hydrogen) atoms. The lowest BCUT2D eigenvalue weighted by Gasteiger charge is -2.33. The zero-order chi connectivity index (χ0) is 12.0. The van der Waals surface area contributed by atoms with Crippen molar-refractivity contribution in [2.24, 2.45) is 11.8 Å². The van der Waals surface area contributed by atoms with Gasteiger partial charge in [0.15, 0.2) is 0 Å². The molecule has 1 saturated heterocycles. The van der Waals surface area contributed by atoms with E-state index in [9.17, 15) is 9.90 Å². The smallest absolute Gasteiger partial charge is 0.131 e. The number of likely N-dealkylation sites (tertiary alicyclic amines) is 1. The summed E-state index contributed by atoms with van der Waals surface area (Å²) in [5, 5.41) is 9.86. The molecule has 1 aliphatic heterocycles. The lowest BCUT2D eigenvalue weighted by atomic mass is 9.98. The minimum absolute atomic E-state index is 0.181. The minimum Gasteiger partial charge on any atom is -0.377 e. The summed E-state index contributed by atoms with van der Waals surface area (Å²) in [6.07, 6.45) is 2.21. The number of rotatable bonds is 6. The number of piperidine rings is 1. The number of aliphatic hydroxyl groups is 1. The second kappa shape index (κ2) is 6.99. The van der Waals surface area contributed by atoms with Crippen molar-refractivity contribution in [1.82, 2.24) is 4.90 Å². The fourth-order valence-electron chi connectivity index (χ4n) is 1.87. The zero-order valence-electron chi connectivity index (χ0n) is 10.3. The maximum atomic E-state index is 10.6. The van der Waals surface area contributed by atoms with Gasteiger partial charge >= 0.3 is 0 Å². The van der Waals surface area contributed by atoms with Crippen LogP contribution in [0.2, 0.25) is 0 Å². The molecular weight excluding hydrogens is 206 g/mol. The van der Waals surface area contributed by atoms with E-state index in [2.05, 4.69) is 13.8 Å². The fourth-order valence-corrected chi connectivity index (χ4v) is 1.87. The maximum absolute atomic E-state index is 10.6. The van der Waals surface area contributed by atoms with Gasteiger partial charge in [-0.2, -0.15) is 0 Å². The molecule has 0 aromatic heterocycles. The van der Waals surface area contributed by atoms with Gasteiger partial charge in [-0.25, -0.2) is 0 Å². The molecule has 0 aromatic rings. The molecular formula is C12H23NO3. The van der Waals surface area contributed by atoms with Crippen molar-refractivity contribution in [3.63, 3.8) is 0 Å². The molecule has 4 heteroatoms. The SMILES string of the molecule is CC(C)COCC(O)N1CCC(C=O)CC1. The third-order valence-electron chi connectivity index (χ3n) is 2.91. The van der Waals surface area contributed by atoms with Gasteiger partial charge in [-0.15, -0.1) is 0 Å². The van der Waals surface area contributed by atoms with Crippen LogP contribution in [0.15, 0.2) is 0 Å². The highest BCUT2D eigenvalue weighted by atomic mass is 16.5. The quantitative estimate of drug-likeness (QED) is 0.687. The second-order valence-electron chi connectivity index (χ2n) is 4.92. The number of carbonyl (C=O) groups excluding carboxylic acids is 1. The first-order valence-electron chi connectivity index (χ1n) is 6.08. The van der Waals surface area contributed by atoms with E-state index in [-0.39, 0.29) is 5.92 Å². The summed E-state index contributed by atoms with van der Waals surface area (Å²) in [5.74, 6) is 0.674. The van der Waals surface area contributed by atoms with Crippen LogP contribution in [-0.4, -0.2) is 48.8 Å². The summed E-state index contributed by atoms with van der Waals surface area (Å²) in [6.45, 7) is 6.79. The van der Waals surface area contributed by atoms with Crippen molar-refractivity contribution in [2.75, 3.05) is 26.3 Å². The standard InChI is InChI=1S/C12H23NO3/c1-10(2)8-16-9-12(15)13-5-3-11(7-14)4-6-13/h7,10-12,15H,3-6,8-9H2,1-2H3. The Balaban J connectivity index is 2.17. The zero-order valence-corrected chi connectivity index (χ0v) is 10.3. The van der Waals surface area contributed by atoms with E-state index in [1.165, 1.54) is 0 Å². The Morgan fingerprint density at radius 3 is 2.50 bits per heavy atom. The van der Waals surface area contributed by atoms with Crippen molar-refractivity contribution >= 4 is 6.29 Å². The van der Waals surface area contributed by atoms with Gasteiger partial charge in [0.25, 0.3) is 0 Å². The van der Waals surface area contributed by atoms with E-state index in [1.807, 2.05) is 4.90 Å². The number of hydrogen-bond acceptors (Lipinski definition) is 4. The Kier molecular flexibility index (Phi) is 5.95. The average Bonchev–Trinajstić information content (AvgIpc) is 2.28. The van der Waals surface area contributed by atoms with E-state index in [1.54, 1.807) is 0 Å². The number of nitrogens with zero attached hydrogens (tertiary/aromatic N) is 1. The van der Waals surface area contributed by atoms with Crippen LogP contribution >= 0.6 is 0 Å². The summed E-state index contributed by atoms with van der Waals surface area (Å²) < 4.78 is 5.40. The van der Waals surface area contributed by atoms with Crippen LogP contribution < -0.4 is 0 Å². The van der Waals surface area contributed by atoms with Crippen LogP contribution in [0.4, 0.5) is 0 Å². The lowest BCUT2D eigenvalue weighted by molar-refractivity contribution is -0.115. The molecule has 1 heterocycles. The van der Waals surface area contributed by atoms with E-state index in [0.717, 1.165) is 32.2 Å². The highest BCUT2D eigenvalue weighted by Gasteiger charge is 2.23. The molecule has 0 saturated carbocycles. The van der Waals surface area contributed by atoms with E-state index >= 15 is 0 Å². The van der Waals surface area contributed by atoms with Crippen molar-refractivity contribution in [1.29, 1.82) is 0 Å². The predicted molar refractivity (Wildman–Crippen MR) is 62.0 cm³/mol. The molecule has 0 spiro atoms. The summed E-state index contributed by atoms with van der Waals surface area (Å²) in [5.41, 5.74) is 0. The molecule has 0 amide bonds. The molecule has 1 rings (SSSR count). The molecule has 0 bridgehead atoms. The molecule has 0 aliphatic carbocycles. The first-order valence-corrected chi connectivity index (χ1v) is 6.08. The lowest BCUT2D eigenvalue weighted by Crippen LogP contribution is -2.44. The van der Waals surface area contributed by atoms with Crippen LogP contribution in [0.3, 0.4) is 0 Å².